The predicted octanol–water partition coefficient (Wildman–Crippen LogP) is 14.8. The van der Waals surface area contributed by atoms with E-state index in [-0.39, 0.29) is 0 Å². The molecule has 0 unspecified atom stereocenters. The maximum absolute atomic E-state index is 2.40. The van der Waals surface area contributed by atoms with E-state index >= 15 is 0 Å². The van der Waals surface area contributed by atoms with Crippen LogP contribution in [0.5, 0.6) is 0 Å². The van der Waals surface area contributed by atoms with Crippen LogP contribution in [0.25, 0.3) is 44.5 Å². The summed E-state index contributed by atoms with van der Waals surface area (Å²) in [7, 11) is 0. The average Bonchev–Trinajstić information content (AvgIpc) is 3.20. The molecule has 2 nitrogen and oxygen atoms in total. The summed E-state index contributed by atoms with van der Waals surface area (Å²) in [6.07, 6.45) is 0. The molecule has 0 saturated carbocycles. The normalized spacial score (nSPS) is 11.3. The minimum Gasteiger partial charge on any atom is -0.310 e. The molecular weight excluding hydrogens is 653 g/mol. The zero-order chi connectivity index (χ0) is 36.8. The Balaban J connectivity index is 1.31. The first-order chi connectivity index (χ1) is 26.4. The summed E-state index contributed by atoms with van der Waals surface area (Å²) >= 11 is 0. The van der Waals surface area contributed by atoms with Crippen LogP contribution in [0.3, 0.4) is 0 Å². The van der Waals surface area contributed by atoms with Crippen molar-refractivity contribution >= 4 is 34.1 Å². The van der Waals surface area contributed by atoms with Crippen LogP contribution < -0.4 is 9.80 Å². The molecule has 0 heterocycles. The van der Waals surface area contributed by atoms with Crippen LogP contribution in [-0.2, 0) is 0 Å². The lowest BCUT2D eigenvalue weighted by Gasteiger charge is -2.30. The smallest absolute Gasteiger partial charge is 0.0468 e. The number of rotatable bonds is 6. The first kappa shape index (κ1) is 33.2. The molecule has 8 aromatic rings. The molecule has 0 bridgehead atoms. The quantitative estimate of drug-likeness (QED) is 0.171. The summed E-state index contributed by atoms with van der Waals surface area (Å²) < 4.78 is 0. The number of hydrogen-bond donors (Lipinski definition) is 0. The predicted molar refractivity (Wildman–Crippen MR) is 230 cm³/mol. The van der Waals surface area contributed by atoms with Gasteiger partial charge in [-0.15, -0.1) is 0 Å². The number of nitrogens with zero attached hydrogens (tertiary/aromatic N) is 2. The fourth-order valence-electron chi connectivity index (χ4n) is 7.83. The van der Waals surface area contributed by atoms with Gasteiger partial charge in [-0.1, -0.05) is 131 Å². The molecule has 0 atom stereocenters. The van der Waals surface area contributed by atoms with E-state index in [0.29, 0.717) is 0 Å². The van der Waals surface area contributed by atoms with E-state index in [1.807, 2.05) is 0 Å². The van der Waals surface area contributed by atoms with Gasteiger partial charge in [0.25, 0.3) is 0 Å². The van der Waals surface area contributed by atoms with Crippen molar-refractivity contribution in [2.24, 2.45) is 0 Å². The van der Waals surface area contributed by atoms with E-state index in [4.69, 9.17) is 0 Å². The number of hydrogen-bond acceptors (Lipinski definition) is 2. The summed E-state index contributed by atoms with van der Waals surface area (Å²) in [6.45, 7) is 8.57. The lowest BCUT2D eigenvalue weighted by atomic mass is 9.80. The van der Waals surface area contributed by atoms with Crippen LogP contribution in [0.4, 0.5) is 34.1 Å². The van der Waals surface area contributed by atoms with Gasteiger partial charge >= 0.3 is 0 Å². The van der Waals surface area contributed by atoms with Gasteiger partial charge in [0.2, 0.25) is 0 Å². The largest absolute Gasteiger partial charge is 0.310 e. The Hall–Kier alpha value is -6.64. The zero-order valence-corrected chi connectivity index (χ0v) is 31.2. The summed E-state index contributed by atoms with van der Waals surface area (Å²) in [5.74, 6) is 0. The summed E-state index contributed by atoms with van der Waals surface area (Å²) in [6, 6.07) is 67.2. The highest BCUT2D eigenvalue weighted by molar-refractivity contribution is 6.05. The van der Waals surface area contributed by atoms with Crippen molar-refractivity contribution in [3.63, 3.8) is 0 Å². The monoisotopic (exact) mass is 694 g/mol. The summed E-state index contributed by atoms with van der Waals surface area (Å²) in [5.41, 5.74) is 21.5. The second-order valence-electron chi connectivity index (χ2n) is 14.6. The zero-order valence-electron chi connectivity index (χ0n) is 31.2. The highest BCUT2D eigenvalue weighted by Gasteiger charge is 2.25. The number of benzene rings is 8. The molecular formula is C52H42N2. The van der Waals surface area contributed by atoms with Gasteiger partial charge in [0, 0.05) is 34.1 Å². The van der Waals surface area contributed by atoms with Crippen molar-refractivity contribution in [2.45, 2.75) is 27.7 Å². The van der Waals surface area contributed by atoms with Crippen LogP contribution in [0, 0.1) is 27.7 Å². The molecule has 0 saturated heterocycles. The van der Waals surface area contributed by atoms with E-state index in [9.17, 15) is 0 Å². The molecule has 1 aliphatic rings. The minimum atomic E-state index is 1.11. The molecule has 0 aromatic heterocycles. The molecule has 54 heavy (non-hydrogen) atoms. The standard InChI is InChI=1S/C52H42N2/c1-35-13-21-39(22-14-35)53(40-23-15-36(2)16-24-40)43-29-31-49-47-11-6-5-9-45(47)46-10-7-8-12-48(46)51-33-44(30-32-50(51)52(49)34-43)54(41-25-17-37(3)18-26-41)42-27-19-38(4)20-28-42/h5-34H,1-4H3. The lowest BCUT2D eigenvalue weighted by Crippen LogP contribution is -2.11. The van der Waals surface area contributed by atoms with Crippen molar-refractivity contribution in [1.29, 1.82) is 0 Å². The van der Waals surface area contributed by atoms with Crippen LogP contribution in [-0.4, -0.2) is 0 Å². The van der Waals surface area contributed by atoms with Gasteiger partial charge in [0.1, 0.15) is 0 Å². The van der Waals surface area contributed by atoms with E-state index in [2.05, 4.69) is 219 Å². The second-order valence-corrected chi connectivity index (χ2v) is 14.6. The third-order valence-corrected chi connectivity index (χ3v) is 10.7. The molecule has 0 radical (unpaired) electrons. The Bertz CT molecular complexity index is 2400. The van der Waals surface area contributed by atoms with Gasteiger partial charge in [-0.25, -0.2) is 0 Å². The molecule has 9 rings (SSSR count). The molecule has 0 N–H and O–H groups in total. The topological polar surface area (TPSA) is 6.48 Å². The van der Waals surface area contributed by atoms with Crippen molar-refractivity contribution in [2.75, 3.05) is 9.80 Å². The molecule has 260 valence electrons. The molecule has 1 aliphatic carbocycles. The molecule has 0 amide bonds. The maximum Gasteiger partial charge on any atom is 0.0468 e. The van der Waals surface area contributed by atoms with Crippen LogP contribution in [0.2, 0.25) is 0 Å². The Kier molecular flexibility index (Phi) is 8.44. The summed E-state index contributed by atoms with van der Waals surface area (Å²) in [4.78, 5) is 4.75. The first-order valence-corrected chi connectivity index (χ1v) is 18.8. The van der Waals surface area contributed by atoms with E-state index in [1.54, 1.807) is 0 Å². The van der Waals surface area contributed by atoms with Gasteiger partial charge in [-0.3, -0.25) is 0 Å². The SMILES string of the molecule is Cc1ccc(N(c2ccc(C)cc2)c2ccc3c(c2)-c2ccc(N(c4ccc(C)cc4)c4ccc(C)cc4)cc2-c2ccccc2-c2ccccc2-3)cc1. The Labute approximate surface area is 319 Å². The fraction of sp³-hybridized carbons (Fsp3) is 0.0769. The molecule has 0 fully saturated rings. The van der Waals surface area contributed by atoms with Crippen molar-refractivity contribution < 1.29 is 0 Å². The average molecular weight is 695 g/mol. The van der Waals surface area contributed by atoms with Gasteiger partial charge in [-0.2, -0.15) is 0 Å². The van der Waals surface area contributed by atoms with E-state index in [0.717, 1.165) is 34.1 Å². The van der Waals surface area contributed by atoms with Crippen molar-refractivity contribution in [1.82, 2.24) is 0 Å². The lowest BCUT2D eigenvalue weighted by molar-refractivity contribution is 1.26. The first-order valence-electron chi connectivity index (χ1n) is 18.8. The Morgan fingerprint density at radius 2 is 0.444 bits per heavy atom. The van der Waals surface area contributed by atoms with E-state index < -0.39 is 0 Å². The number of aryl methyl sites for hydroxylation is 4. The molecule has 8 aromatic carbocycles. The highest BCUT2D eigenvalue weighted by Crippen LogP contribution is 2.51. The van der Waals surface area contributed by atoms with Crippen LogP contribution in [0.1, 0.15) is 22.3 Å². The number of anilines is 6. The highest BCUT2D eigenvalue weighted by atomic mass is 15.1. The Morgan fingerprint density at radius 1 is 0.222 bits per heavy atom. The van der Waals surface area contributed by atoms with Gasteiger partial charge < -0.3 is 9.80 Å². The fourth-order valence-corrected chi connectivity index (χ4v) is 7.83. The maximum atomic E-state index is 2.40. The Morgan fingerprint density at radius 3 is 0.741 bits per heavy atom. The molecule has 2 heteroatoms. The third-order valence-electron chi connectivity index (χ3n) is 10.7. The number of fused-ring (bicyclic) bond motifs is 8. The van der Waals surface area contributed by atoms with Crippen molar-refractivity contribution in [3.8, 4) is 44.5 Å². The third kappa shape index (κ3) is 6.06. The second kappa shape index (κ2) is 13.7. The minimum absolute atomic E-state index is 1.11. The van der Waals surface area contributed by atoms with Gasteiger partial charge in [0.05, 0.1) is 0 Å². The summed E-state index contributed by atoms with van der Waals surface area (Å²) in [5, 5.41) is 0. The molecule has 0 spiro atoms. The molecule has 0 aliphatic heterocycles. The van der Waals surface area contributed by atoms with Gasteiger partial charge in [-0.05, 0) is 145 Å². The van der Waals surface area contributed by atoms with Gasteiger partial charge in [0.15, 0.2) is 0 Å². The van der Waals surface area contributed by atoms with Crippen LogP contribution >= 0.6 is 0 Å². The van der Waals surface area contributed by atoms with Crippen molar-refractivity contribution in [3.05, 3.63) is 204 Å². The van der Waals surface area contributed by atoms with E-state index in [1.165, 1.54) is 66.8 Å². The van der Waals surface area contributed by atoms with Crippen LogP contribution in [0.15, 0.2) is 182 Å².